The third-order valence-electron chi connectivity index (χ3n) is 5.48. The summed E-state index contributed by atoms with van der Waals surface area (Å²) in [5.74, 6) is 0.893. The molecule has 6 nitrogen and oxygen atoms in total. The molecule has 2 saturated heterocycles. The van der Waals surface area contributed by atoms with Gasteiger partial charge >= 0.3 is 0 Å². The zero-order valence-corrected chi connectivity index (χ0v) is 17.0. The fourth-order valence-electron chi connectivity index (χ4n) is 4.47. The molecule has 4 heterocycles. The molecule has 2 bridgehead atoms. The van der Waals surface area contributed by atoms with E-state index in [1.54, 1.807) is 12.4 Å². The molecule has 8 heteroatoms. The molecule has 1 N–H and O–H groups in total. The minimum Gasteiger partial charge on any atom is -0.351 e. The molecule has 2 aliphatic heterocycles. The van der Waals surface area contributed by atoms with Gasteiger partial charge in [-0.15, -0.1) is 0 Å². The minimum absolute atomic E-state index is 0.00134. The van der Waals surface area contributed by atoms with Crippen LogP contribution in [0.25, 0.3) is 11.3 Å². The van der Waals surface area contributed by atoms with E-state index in [0.717, 1.165) is 48.3 Å². The topological polar surface area (TPSA) is 75.2 Å². The quantitative estimate of drug-likeness (QED) is 0.844. The van der Waals surface area contributed by atoms with Gasteiger partial charge in [0.2, 0.25) is 10.0 Å². The van der Waals surface area contributed by atoms with E-state index in [-0.39, 0.29) is 18.1 Å². The van der Waals surface area contributed by atoms with Gasteiger partial charge in [0.1, 0.15) is 5.82 Å². The van der Waals surface area contributed by atoms with Crippen molar-refractivity contribution in [2.45, 2.75) is 50.7 Å². The van der Waals surface area contributed by atoms with Crippen molar-refractivity contribution in [3.63, 3.8) is 0 Å². The molecule has 27 heavy (non-hydrogen) atoms. The lowest BCUT2D eigenvalue weighted by Gasteiger charge is -2.40. The number of nitrogens with zero attached hydrogens (tertiary/aromatic N) is 3. The van der Waals surface area contributed by atoms with Crippen molar-refractivity contribution in [3.8, 4) is 11.3 Å². The van der Waals surface area contributed by atoms with Crippen LogP contribution in [0.15, 0.2) is 30.6 Å². The summed E-state index contributed by atoms with van der Waals surface area (Å²) in [5.41, 5.74) is 2.82. The molecular formula is C19H23ClN4O2S. The molecule has 2 atom stereocenters. The van der Waals surface area contributed by atoms with E-state index in [1.807, 2.05) is 25.1 Å². The summed E-state index contributed by atoms with van der Waals surface area (Å²) in [5, 5.41) is 0.585. The first-order valence-corrected chi connectivity index (χ1v) is 11.4. The van der Waals surface area contributed by atoms with Gasteiger partial charge in [0.25, 0.3) is 0 Å². The zero-order valence-electron chi connectivity index (χ0n) is 15.4. The van der Waals surface area contributed by atoms with Crippen LogP contribution < -0.4 is 9.62 Å². The van der Waals surface area contributed by atoms with Crippen molar-refractivity contribution in [2.24, 2.45) is 0 Å². The molecule has 0 spiro atoms. The van der Waals surface area contributed by atoms with Gasteiger partial charge in [0, 0.05) is 36.1 Å². The summed E-state index contributed by atoms with van der Waals surface area (Å²) in [6.45, 7) is 2.02. The van der Waals surface area contributed by atoms with Gasteiger partial charge in [-0.1, -0.05) is 17.7 Å². The first-order chi connectivity index (χ1) is 12.8. The number of pyridine rings is 2. The molecule has 2 aromatic rings. The van der Waals surface area contributed by atoms with Gasteiger partial charge in [-0.25, -0.2) is 18.1 Å². The van der Waals surface area contributed by atoms with Crippen molar-refractivity contribution in [2.75, 3.05) is 11.2 Å². The Kier molecular flexibility index (Phi) is 4.86. The monoisotopic (exact) mass is 406 g/mol. The molecule has 0 aromatic carbocycles. The van der Waals surface area contributed by atoms with Crippen molar-refractivity contribution in [3.05, 3.63) is 41.2 Å². The number of sulfonamides is 1. The van der Waals surface area contributed by atoms with Gasteiger partial charge in [-0.05, 0) is 50.3 Å². The van der Waals surface area contributed by atoms with Gasteiger partial charge in [-0.3, -0.25) is 4.98 Å². The van der Waals surface area contributed by atoms with Crippen molar-refractivity contribution in [1.82, 2.24) is 14.7 Å². The summed E-state index contributed by atoms with van der Waals surface area (Å²) in [6.07, 6.45) is 8.39. The molecule has 0 saturated carbocycles. The average Bonchev–Trinajstić information content (AvgIpc) is 2.86. The van der Waals surface area contributed by atoms with Crippen LogP contribution in [0.2, 0.25) is 5.02 Å². The Labute approximate surface area is 165 Å². The highest BCUT2D eigenvalue weighted by Crippen LogP contribution is 2.40. The van der Waals surface area contributed by atoms with Crippen LogP contribution in [0.3, 0.4) is 0 Å². The largest absolute Gasteiger partial charge is 0.351 e. The van der Waals surface area contributed by atoms with Crippen LogP contribution in [-0.2, 0) is 10.0 Å². The fourth-order valence-corrected chi connectivity index (χ4v) is 5.46. The average molecular weight is 407 g/mol. The first-order valence-electron chi connectivity index (χ1n) is 9.15. The number of rotatable bonds is 4. The molecule has 0 amide bonds. The van der Waals surface area contributed by atoms with Crippen LogP contribution in [-0.4, -0.2) is 42.8 Å². The van der Waals surface area contributed by atoms with Crippen molar-refractivity contribution in [1.29, 1.82) is 0 Å². The minimum atomic E-state index is -3.19. The number of nitrogens with one attached hydrogen (secondary N) is 1. The lowest BCUT2D eigenvalue weighted by Crippen LogP contribution is -2.50. The molecule has 0 aliphatic carbocycles. The number of fused-ring (bicyclic) bond motifs is 2. The van der Waals surface area contributed by atoms with Crippen LogP contribution in [0.4, 0.5) is 5.82 Å². The molecule has 2 fully saturated rings. The summed E-state index contributed by atoms with van der Waals surface area (Å²) >= 11 is 6.43. The number of hydrogen-bond acceptors (Lipinski definition) is 5. The van der Waals surface area contributed by atoms with Gasteiger partial charge < -0.3 is 4.90 Å². The van der Waals surface area contributed by atoms with Gasteiger partial charge in [0.15, 0.2) is 0 Å². The highest BCUT2D eigenvalue weighted by molar-refractivity contribution is 7.88. The standard InChI is InChI=1S/C19H23ClN4O2S/c1-12-4-3-7-21-19(12)16-10-18(22-11-17(16)20)24-14-5-6-15(24)9-13(8-14)23-27(2,25)26/h3-4,7,10-11,13-15,23H,5-6,8-9H2,1-2H3. The van der Waals surface area contributed by atoms with E-state index in [1.165, 1.54) is 6.26 Å². The van der Waals surface area contributed by atoms with E-state index in [9.17, 15) is 8.42 Å². The lowest BCUT2D eigenvalue weighted by atomic mass is 9.98. The normalized spacial score (nSPS) is 25.0. The predicted molar refractivity (Wildman–Crippen MR) is 108 cm³/mol. The summed E-state index contributed by atoms with van der Waals surface area (Å²) in [6, 6.07) is 6.52. The van der Waals surface area contributed by atoms with Crippen molar-refractivity contribution >= 4 is 27.4 Å². The Morgan fingerprint density at radius 2 is 1.93 bits per heavy atom. The Hall–Kier alpha value is -1.70. The second-order valence-electron chi connectivity index (χ2n) is 7.54. The van der Waals surface area contributed by atoms with Crippen LogP contribution >= 0.6 is 11.6 Å². The predicted octanol–water partition coefficient (Wildman–Crippen LogP) is 3.15. The van der Waals surface area contributed by atoms with Crippen LogP contribution in [0, 0.1) is 6.92 Å². The van der Waals surface area contributed by atoms with Crippen LogP contribution in [0.1, 0.15) is 31.2 Å². The third-order valence-corrected chi connectivity index (χ3v) is 6.55. The zero-order chi connectivity index (χ0) is 19.2. The maximum atomic E-state index is 11.6. The molecular weight excluding hydrogens is 384 g/mol. The molecule has 2 aliphatic rings. The second-order valence-corrected chi connectivity index (χ2v) is 9.73. The first kappa shape index (κ1) is 18.7. The van der Waals surface area contributed by atoms with E-state index < -0.39 is 10.0 Å². The number of aromatic nitrogens is 2. The smallest absolute Gasteiger partial charge is 0.208 e. The Balaban J connectivity index is 1.64. The van der Waals surface area contributed by atoms with E-state index in [4.69, 9.17) is 11.6 Å². The third kappa shape index (κ3) is 3.81. The van der Waals surface area contributed by atoms with E-state index in [2.05, 4.69) is 19.6 Å². The number of anilines is 1. The van der Waals surface area contributed by atoms with E-state index >= 15 is 0 Å². The second kappa shape index (κ2) is 7.04. The summed E-state index contributed by atoms with van der Waals surface area (Å²) in [7, 11) is -3.19. The molecule has 144 valence electrons. The molecule has 2 unspecified atom stereocenters. The summed E-state index contributed by atoms with van der Waals surface area (Å²) < 4.78 is 26.0. The van der Waals surface area contributed by atoms with Crippen LogP contribution in [0.5, 0.6) is 0 Å². The highest BCUT2D eigenvalue weighted by atomic mass is 35.5. The lowest BCUT2D eigenvalue weighted by molar-refractivity contribution is 0.389. The maximum Gasteiger partial charge on any atom is 0.208 e. The maximum absolute atomic E-state index is 11.6. The van der Waals surface area contributed by atoms with Gasteiger partial charge in [0.05, 0.1) is 17.0 Å². The van der Waals surface area contributed by atoms with Crippen molar-refractivity contribution < 1.29 is 8.42 Å². The summed E-state index contributed by atoms with van der Waals surface area (Å²) in [4.78, 5) is 11.4. The number of piperidine rings is 1. The Morgan fingerprint density at radius 3 is 2.56 bits per heavy atom. The number of aryl methyl sites for hydroxylation is 1. The fraction of sp³-hybridized carbons (Fsp3) is 0.474. The molecule has 0 radical (unpaired) electrons. The molecule has 4 rings (SSSR count). The van der Waals surface area contributed by atoms with E-state index in [0.29, 0.717) is 5.02 Å². The SMILES string of the molecule is Cc1cccnc1-c1cc(N2C3CCC2CC(NS(C)(=O)=O)C3)ncc1Cl. The Bertz CT molecular complexity index is 952. The molecule has 2 aromatic heterocycles. The van der Waals surface area contributed by atoms with Gasteiger partial charge in [-0.2, -0.15) is 0 Å². The number of hydrogen-bond donors (Lipinski definition) is 1. The number of halogens is 1. The highest BCUT2D eigenvalue weighted by Gasteiger charge is 2.42. The Morgan fingerprint density at radius 1 is 1.22 bits per heavy atom.